The first-order valence-electron chi connectivity index (χ1n) is 10.3. The van der Waals surface area contributed by atoms with Crippen LogP contribution in [0, 0.1) is 0 Å². The van der Waals surface area contributed by atoms with Gasteiger partial charge in [0, 0.05) is 42.6 Å². The molecular formula is C26H22BBrMgNaO2S6. The zero-order valence-corrected chi connectivity index (χ0v) is 30.3. The third-order valence-electron chi connectivity index (χ3n) is 4.43. The number of hydrogen-bond acceptors (Lipinski definition) is 8. The molecule has 0 aliphatic heterocycles. The van der Waals surface area contributed by atoms with Gasteiger partial charge in [-0.2, -0.15) is 0 Å². The maximum atomic E-state index is 10.4. The summed E-state index contributed by atoms with van der Waals surface area (Å²) in [6.45, 7) is 0.149. The Morgan fingerprint density at radius 3 is 1.53 bits per heavy atom. The molecule has 0 amide bonds. The average Bonchev–Trinajstić information content (AvgIpc) is 3.72. The van der Waals surface area contributed by atoms with Crippen LogP contribution in [0.25, 0.3) is 29.3 Å². The summed E-state index contributed by atoms with van der Waals surface area (Å²) in [5.74, 6) is 0. The third-order valence-corrected chi connectivity index (χ3v) is 11.3. The van der Waals surface area contributed by atoms with E-state index in [2.05, 4.69) is 69.2 Å². The van der Waals surface area contributed by atoms with Gasteiger partial charge in [0.2, 0.25) is 0 Å². The number of aliphatic hydroxyl groups is 1. The van der Waals surface area contributed by atoms with Crippen LogP contribution >= 0.6 is 84.0 Å². The molecule has 38 heavy (non-hydrogen) atoms. The Morgan fingerprint density at radius 1 is 0.684 bits per heavy atom. The van der Waals surface area contributed by atoms with Crippen molar-refractivity contribution in [3.63, 3.8) is 0 Å². The normalized spacial score (nSPS) is 9.42. The monoisotopic (exact) mass is 695 g/mol. The van der Waals surface area contributed by atoms with Crippen molar-refractivity contribution in [1.82, 2.24) is 0 Å². The molecule has 12 heteroatoms. The molecule has 1 N–H and O–H groups in total. The Balaban J connectivity index is -0.000000493. The number of hydrogen-bond donors (Lipinski definition) is 1. The van der Waals surface area contributed by atoms with Crippen LogP contribution in [0.1, 0.15) is 18.8 Å². The SMILES string of the molecule is Brc1ccc(-c2cccs2)s1.O=Cc1ccc(-c2cccs2)s1.OCc1ccc(-c2cccs2)s1.[B].[H-].[H-].[H-].[Mg+2].[Na+]. The van der Waals surface area contributed by atoms with E-state index in [4.69, 9.17) is 5.11 Å². The summed E-state index contributed by atoms with van der Waals surface area (Å²) in [7, 11) is 0. The van der Waals surface area contributed by atoms with E-state index in [1.54, 1.807) is 56.7 Å². The predicted octanol–water partition coefficient (Wildman–Crippen LogP) is 7.08. The molecule has 6 aromatic heterocycles. The Morgan fingerprint density at radius 2 is 1.16 bits per heavy atom. The molecule has 0 aliphatic rings. The summed E-state index contributed by atoms with van der Waals surface area (Å²) in [6, 6.07) is 24.5. The molecule has 187 valence electrons. The molecule has 0 saturated carbocycles. The van der Waals surface area contributed by atoms with Crippen molar-refractivity contribution in [3.8, 4) is 29.3 Å². The summed E-state index contributed by atoms with van der Waals surface area (Å²) in [5.41, 5.74) is 0. The van der Waals surface area contributed by atoms with Crippen LogP contribution in [0.3, 0.4) is 0 Å². The van der Waals surface area contributed by atoms with Gasteiger partial charge in [0.15, 0.2) is 6.29 Å². The first-order valence-corrected chi connectivity index (χ1v) is 16.2. The molecule has 0 unspecified atom stereocenters. The summed E-state index contributed by atoms with van der Waals surface area (Å²) >= 11 is 13.6. The minimum Gasteiger partial charge on any atom is -1.00 e. The summed E-state index contributed by atoms with van der Waals surface area (Å²) in [5, 5.41) is 15.1. The van der Waals surface area contributed by atoms with E-state index in [1.807, 2.05) is 35.7 Å². The maximum Gasteiger partial charge on any atom is 2.00 e. The number of aliphatic hydroxyl groups excluding tert-OH is 1. The third kappa shape index (κ3) is 10.8. The van der Waals surface area contributed by atoms with Crippen LogP contribution in [0.4, 0.5) is 0 Å². The van der Waals surface area contributed by atoms with Gasteiger partial charge < -0.3 is 9.39 Å². The van der Waals surface area contributed by atoms with E-state index in [0.717, 1.165) is 16.0 Å². The van der Waals surface area contributed by atoms with Gasteiger partial charge in [0.05, 0.1) is 15.3 Å². The largest absolute Gasteiger partial charge is 2.00 e. The fraction of sp³-hybridized carbons (Fsp3) is 0.0385. The molecule has 2 nitrogen and oxygen atoms in total. The van der Waals surface area contributed by atoms with E-state index >= 15 is 0 Å². The number of aldehydes is 1. The number of rotatable bonds is 5. The molecule has 0 aromatic carbocycles. The first-order chi connectivity index (χ1) is 17.2. The molecule has 0 fully saturated rings. The Hall–Kier alpha value is 0.141. The van der Waals surface area contributed by atoms with Crippen molar-refractivity contribution in [3.05, 3.63) is 102 Å². The van der Waals surface area contributed by atoms with Crippen LogP contribution in [0.5, 0.6) is 0 Å². The molecule has 0 bridgehead atoms. The minimum atomic E-state index is 0. The van der Waals surface area contributed by atoms with E-state index in [1.165, 1.54) is 44.4 Å². The molecule has 3 radical (unpaired) electrons. The van der Waals surface area contributed by atoms with Gasteiger partial charge in [-0.3, -0.25) is 4.79 Å². The zero-order chi connectivity index (χ0) is 24.5. The number of thiophene rings is 6. The van der Waals surface area contributed by atoms with Crippen molar-refractivity contribution in [2.75, 3.05) is 0 Å². The predicted molar refractivity (Wildman–Crippen MR) is 177 cm³/mol. The first kappa shape index (κ1) is 36.2. The second kappa shape index (κ2) is 19.3. The van der Waals surface area contributed by atoms with Crippen LogP contribution in [-0.2, 0) is 6.61 Å². The second-order valence-corrected chi connectivity index (χ2v) is 14.4. The molecule has 0 saturated heterocycles. The zero-order valence-electron chi connectivity index (χ0n) is 23.4. The second-order valence-electron chi connectivity index (χ2n) is 6.78. The Bertz CT molecular complexity index is 1440. The van der Waals surface area contributed by atoms with Gasteiger partial charge in [-0.25, -0.2) is 0 Å². The Labute approximate surface area is 300 Å². The molecule has 0 spiro atoms. The topological polar surface area (TPSA) is 37.3 Å². The standard InChI is InChI=1S/C9H8OS2.C9H6OS2.C8H5BrS2.B.Mg.Na.3H/c2*10-6-7-3-4-9(12-7)8-2-1-5-11-8;9-8-4-3-7(11-8)6-2-1-5-10-6;;;;;;/h1-5,10H,6H2;1-6H;1-5H;;;;;;/q;;;;+2;+1;3*-1. The fourth-order valence-corrected chi connectivity index (χ4v) is 8.43. The number of halogens is 1. The minimum absolute atomic E-state index is 0. The van der Waals surface area contributed by atoms with Gasteiger partial charge >= 0.3 is 52.6 Å². The van der Waals surface area contributed by atoms with Crippen LogP contribution in [-0.4, -0.2) is 42.9 Å². The molecular weight excluding hydrogens is 675 g/mol. The van der Waals surface area contributed by atoms with Gasteiger partial charge in [-0.05, 0) is 86.7 Å². The molecule has 6 rings (SSSR count). The van der Waals surface area contributed by atoms with Gasteiger partial charge in [-0.15, -0.1) is 68.0 Å². The van der Waals surface area contributed by atoms with Crippen molar-refractivity contribution in [1.29, 1.82) is 0 Å². The van der Waals surface area contributed by atoms with E-state index in [-0.39, 0.29) is 71.9 Å². The molecule has 6 heterocycles. The van der Waals surface area contributed by atoms with Crippen molar-refractivity contribution < 1.29 is 43.7 Å². The molecule has 6 aromatic rings. The van der Waals surface area contributed by atoms with Crippen LogP contribution < -0.4 is 29.6 Å². The summed E-state index contributed by atoms with van der Waals surface area (Å²) < 4.78 is 1.20. The maximum absolute atomic E-state index is 10.4. The van der Waals surface area contributed by atoms with Gasteiger partial charge in [0.1, 0.15) is 0 Å². The fourth-order valence-electron chi connectivity index (χ4n) is 2.85. The molecule has 0 aliphatic carbocycles. The van der Waals surface area contributed by atoms with Crippen molar-refractivity contribution in [2.24, 2.45) is 0 Å². The Kier molecular flexibility index (Phi) is 18.4. The van der Waals surface area contributed by atoms with E-state index in [0.29, 0.717) is 0 Å². The summed E-state index contributed by atoms with van der Waals surface area (Å²) in [4.78, 5) is 19.8. The van der Waals surface area contributed by atoms with Gasteiger partial charge in [0.25, 0.3) is 0 Å². The van der Waals surface area contributed by atoms with E-state index in [9.17, 15) is 4.79 Å². The van der Waals surface area contributed by atoms with E-state index < -0.39 is 0 Å². The summed E-state index contributed by atoms with van der Waals surface area (Å²) in [6.07, 6.45) is 0.891. The quantitative estimate of drug-likeness (QED) is 0.155. The number of carbonyl (C=O) groups excluding carboxylic acids is 1. The molecule has 0 atom stereocenters. The van der Waals surface area contributed by atoms with Crippen molar-refractivity contribution >= 4 is 122 Å². The number of carbonyl (C=O) groups is 1. The average molecular weight is 697 g/mol. The smallest absolute Gasteiger partial charge is 1.00 e. The van der Waals surface area contributed by atoms with Crippen LogP contribution in [0.2, 0.25) is 0 Å². The van der Waals surface area contributed by atoms with Crippen LogP contribution in [0.15, 0.2) is 92.7 Å². The van der Waals surface area contributed by atoms with Crippen molar-refractivity contribution in [2.45, 2.75) is 6.61 Å². The van der Waals surface area contributed by atoms with Gasteiger partial charge in [-0.1, -0.05) is 18.2 Å².